The lowest BCUT2D eigenvalue weighted by atomic mass is 10.0. The summed E-state index contributed by atoms with van der Waals surface area (Å²) in [7, 11) is 0. The summed E-state index contributed by atoms with van der Waals surface area (Å²) in [5.41, 5.74) is -0.494. The Kier molecular flexibility index (Phi) is 3.89. The number of ether oxygens (including phenoxy) is 1. The van der Waals surface area contributed by atoms with Gasteiger partial charge in [-0.25, -0.2) is 14.9 Å². The Morgan fingerprint density at radius 2 is 1.85 bits per heavy atom. The molecule has 1 aliphatic heterocycles. The molecule has 104 valence electrons. The van der Waals surface area contributed by atoms with E-state index in [1.165, 1.54) is 4.90 Å². The maximum atomic E-state index is 12.0. The predicted molar refractivity (Wildman–Crippen MR) is 75.2 cm³/mol. The molecule has 2 rings (SSSR count). The van der Waals surface area contributed by atoms with Crippen molar-refractivity contribution in [1.29, 1.82) is 0 Å². The van der Waals surface area contributed by atoms with Crippen molar-refractivity contribution in [2.45, 2.75) is 19.4 Å². The van der Waals surface area contributed by atoms with Crippen molar-refractivity contribution in [1.82, 2.24) is 10.2 Å². The van der Waals surface area contributed by atoms with Crippen molar-refractivity contribution in [3.63, 3.8) is 0 Å². The number of hydrogen-bond donors (Lipinski definition) is 1. The van der Waals surface area contributed by atoms with Crippen LogP contribution in [-0.2, 0) is 0 Å². The minimum absolute atomic E-state index is 0.381. The van der Waals surface area contributed by atoms with E-state index in [1.54, 1.807) is 36.5 Å². The van der Waals surface area contributed by atoms with Gasteiger partial charge in [0.1, 0.15) is 5.75 Å². The highest BCUT2D eigenvalue weighted by atomic mass is 16.6. The van der Waals surface area contributed by atoms with Crippen LogP contribution in [0.2, 0.25) is 0 Å². The molecule has 0 spiro atoms. The summed E-state index contributed by atoms with van der Waals surface area (Å²) in [6.07, 6.45) is 6.26. The van der Waals surface area contributed by atoms with Crippen molar-refractivity contribution in [2.75, 3.05) is 0 Å². The Morgan fingerprint density at radius 1 is 1.15 bits per heavy atom. The second-order valence-corrected chi connectivity index (χ2v) is 4.86. The van der Waals surface area contributed by atoms with E-state index in [4.69, 9.17) is 4.74 Å². The second kappa shape index (κ2) is 5.61. The third-order valence-corrected chi connectivity index (χ3v) is 2.85. The van der Waals surface area contributed by atoms with Gasteiger partial charge in [-0.05, 0) is 32.1 Å². The van der Waals surface area contributed by atoms with Crippen LogP contribution in [0.15, 0.2) is 54.8 Å². The minimum Gasteiger partial charge on any atom is -0.410 e. The fourth-order valence-corrected chi connectivity index (χ4v) is 1.80. The molecular formula is C15H16N2O3. The van der Waals surface area contributed by atoms with E-state index in [1.807, 2.05) is 32.1 Å². The molecule has 20 heavy (non-hydrogen) atoms. The van der Waals surface area contributed by atoms with E-state index in [9.17, 15) is 9.59 Å². The Hall–Kier alpha value is -2.56. The molecule has 0 fully saturated rings. The summed E-state index contributed by atoms with van der Waals surface area (Å²) in [6, 6.07) is 8.03. The number of allylic oxidation sites excluding steroid dienone is 2. The molecular weight excluding hydrogens is 256 g/mol. The van der Waals surface area contributed by atoms with Gasteiger partial charge in [-0.2, -0.15) is 0 Å². The average Bonchev–Trinajstić information content (AvgIpc) is 2.38. The highest BCUT2D eigenvalue weighted by molar-refractivity contribution is 5.92. The molecule has 0 radical (unpaired) electrons. The van der Waals surface area contributed by atoms with Gasteiger partial charge in [0.2, 0.25) is 0 Å². The quantitative estimate of drug-likeness (QED) is 0.854. The fourth-order valence-electron chi connectivity index (χ4n) is 1.80. The molecule has 0 saturated heterocycles. The molecule has 1 aromatic rings. The first-order chi connectivity index (χ1) is 9.49. The van der Waals surface area contributed by atoms with Gasteiger partial charge < -0.3 is 4.74 Å². The minimum atomic E-state index is -0.806. The van der Waals surface area contributed by atoms with Crippen molar-refractivity contribution in [3.8, 4) is 5.75 Å². The number of carbonyl (C=O) groups is 2. The third kappa shape index (κ3) is 3.26. The SMILES string of the molecule is CC1(C)C=CC=CN1C(=O)NC(=O)Oc1ccccc1. The van der Waals surface area contributed by atoms with Crippen molar-refractivity contribution >= 4 is 12.1 Å². The summed E-state index contributed by atoms with van der Waals surface area (Å²) in [4.78, 5) is 25.1. The lowest BCUT2D eigenvalue weighted by Crippen LogP contribution is -2.50. The average molecular weight is 272 g/mol. The first-order valence-corrected chi connectivity index (χ1v) is 6.22. The topological polar surface area (TPSA) is 58.6 Å². The number of benzene rings is 1. The normalized spacial score (nSPS) is 15.8. The van der Waals surface area contributed by atoms with Gasteiger partial charge in [-0.1, -0.05) is 30.4 Å². The zero-order chi connectivity index (χ0) is 14.6. The monoisotopic (exact) mass is 272 g/mol. The van der Waals surface area contributed by atoms with E-state index in [2.05, 4.69) is 5.32 Å². The number of nitrogens with zero attached hydrogens (tertiary/aromatic N) is 1. The number of amides is 3. The Bertz CT molecular complexity index is 562. The molecule has 0 atom stereocenters. The van der Waals surface area contributed by atoms with Gasteiger partial charge in [0.25, 0.3) is 0 Å². The van der Waals surface area contributed by atoms with Crippen molar-refractivity contribution in [3.05, 3.63) is 54.8 Å². The molecule has 5 heteroatoms. The molecule has 0 saturated carbocycles. The summed E-state index contributed by atoms with van der Waals surface area (Å²) >= 11 is 0. The zero-order valence-corrected chi connectivity index (χ0v) is 11.4. The van der Waals surface area contributed by atoms with Gasteiger partial charge in [-0.3, -0.25) is 4.90 Å². The molecule has 3 amide bonds. The molecule has 0 aromatic heterocycles. The number of rotatable bonds is 1. The van der Waals surface area contributed by atoms with Crippen molar-refractivity contribution in [2.24, 2.45) is 0 Å². The number of nitrogens with one attached hydrogen (secondary N) is 1. The second-order valence-electron chi connectivity index (χ2n) is 4.86. The van der Waals surface area contributed by atoms with Crippen LogP contribution in [0.4, 0.5) is 9.59 Å². The van der Waals surface area contributed by atoms with Crippen LogP contribution in [0, 0.1) is 0 Å². The lowest BCUT2D eigenvalue weighted by Gasteiger charge is -2.34. The Morgan fingerprint density at radius 3 is 2.50 bits per heavy atom. The highest BCUT2D eigenvalue weighted by Crippen LogP contribution is 2.20. The van der Waals surface area contributed by atoms with E-state index >= 15 is 0 Å². The molecule has 5 nitrogen and oxygen atoms in total. The van der Waals surface area contributed by atoms with Crippen LogP contribution in [0.25, 0.3) is 0 Å². The maximum absolute atomic E-state index is 12.0. The highest BCUT2D eigenvalue weighted by Gasteiger charge is 2.29. The van der Waals surface area contributed by atoms with E-state index in [0.29, 0.717) is 5.75 Å². The van der Waals surface area contributed by atoms with Crippen molar-refractivity contribution < 1.29 is 14.3 Å². The van der Waals surface area contributed by atoms with Gasteiger partial charge in [0, 0.05) is 6.20 Å². The van der Waals surface area contributed by atoms with E-state index in [0.717, 1.165) is 0 Å². The summed E-state index contributed by atoms with van der Waals surface area (Å²) in [5, 5.41) is 2.19. The lowest BCUT2D eigenvalue weighted by molar-refractivity contribution is 0.175. The smallest absolute Gasteiger partial charge is 0.410 e. The van der Waals surface area contributed by atoms with Gasteiger partial charge in [0.15, 0.2) is 0 Å². The fraction of sp³-hybridized carbons (Fsp3) is 0.200. The van der Waals surface area contributed by atoms with Crippen LogP contribution in [-0.4, -0.2) is 22.6 Å². The van der Waals surface area contributed by atoms with E-state index < -0.39 is 17.7 Å². The summed E-state index contributed by atoms with van der Waals surface area (Å²) < 4.78 is 5.00. The van der Waals surface area contributed by atoms with Crippen LogP contribution in [0.5, 0.6) is 5.75 Å². The number of para-hydroxylation sites is 1. The number of carbonyl (C=O) groups excluding carboxylic acids is 2. The first kappa shape index (κ1) is 13.9. The number of hydrogen-bond acceptors (Lipinski definition) is 3. The zero-order valence-electron chi connectivity index (χ0n) is 11.4. The van der Waals surface area contributed by atoms with Gasteiger partial charge in [0.05, 0.1) is 5.54 Å². The van der Waals surface area contributed by atoms with E-state index in [-0.39, 0.29) is 0 Å². The van der Waals surface area contributed by atoms with Crippen LogP contribution >= 0.6 is 0 Å². The van der Waals surface area contributed by atoms with Crippen LogP contribution in [0.1, 0.15) is 13.8 Å². The van der Waals surface area contributed by atoms with Gasteiger partial charge in [-0.15, -0.1) is 0 Å². The Balaban J connectivity index is 1.96. The van der Waals surface area contributed by atoms with Gasteiger partial charge >= 0.3 is 12.1 Å². The summed E-state index contributed by atoms with van der Waals surface area (Å²) in [5.74, 6) is 0.381. The first-order valence-electron chi connectivity index (χ1n) is 6.22. The standard InChI is InChI=1S/C15H16N2O3/c1-15(2)10-6-7-11-17(15)13(18)16-14(19)20-12-8-4-3-5-9-12/h3-11H,1-2H3,(H,16,18,19). The number of urea groups is 1. The molecule has 0 bridgehead atoms. The molecule has 1 aliphatic rings. The maximum Gasteiger partial charge on any atom is 0.420 e. The number of imide groups is 1. The summed E-state index contributed by atoms with van der Waals surface area (Å²) in [6.45, 7) is 3.74. The Labute approximate surface area is 117 Å². The molecule has 1 N–H and O–H groups in total. The molecule has 0 aliphatic carbocycles. The molecule has 1 heterocycles. The van der Waals surface area contributed by atoms with Crippen LogP contribution in [0.3, 0.4) is 0 Å². The molecule has 0 unspecified atom stereocenters. The van der Waals surface area contributed by atoms with Crippen LogP contribution < -0.4 is 10.1 Å². The third-order valence-electron chi connectivity index (χ3n) is 2.85. The molecule has 1 aromatic carbocycles. The predicted octanol–water partition coefficient (Wildman–Crippen LogP) is 3.06. The largest absolute Gasteiger partial charge is 0.420 e.